The SMILES string of the molecule is O=C(CNc1ccc(Cl)cc1)Nc1ccc(-c2nc3ccccc3s2)cc1. The number of nitrogens with one attached hydrogen (secondary N) is 2. The quantitative estimate of drug-likeness (QED) is 0.459. The predicted octanol–water partition coefficient (Wildman–Crippen LogP) is 5.67. The number of thiazole rings is 1. The van der Waals surface area contributed by atoms with E-state index in [2.05, 4.69) is 21.7 Å². The molecule has 0 unspecified atom stereocenters. The zero-order chi connectivity index (χ0) is 18.6. The number of carbonyl (C=O) groups excluding carboxylic acids is 1. The average Bonchev–Trinajstić information content (AvgIpc) is 3.12. The fourth-order valence-electron chi connectivity index (χ4n) is 2.65. The van der Waals surface area contributed by atoms with Gasteiger partial charge in [0.1, 0.15) is 5.01 Å². The van der Waals surface area contributed by atoms with Gasteiger partial charge in [-0.1, -0.05) is 23.7 Å². The molecule has 3 aromatic carbocycles. The highest BCUT2D eigenvalue weighted by atomic mass is 35.5. The van der Waals surface area contributed by atoms with E-state index in [1.54, 1.807) is 23.5 Å². The van der Waals surface area contributed by atoms with E-state index in [-0.39, 0.29) is 12.5 Å². The Morgan fingerprint density at radius 1 is 0.926 bits per heavy atom. The lowest BCUT2D eigenvalue weighted by molar-refractivity contribution is -0.114. The van der Waals surface area contributed by atoms with Crippen molar-refractivity contribution in [2.75, 3.05) is 17.2 Å². The van der Waals surface area contributed by atoms with Crippen LogP contribution in [0, 0.1) is 0 Å². The van der Waals surface area contributed by atoms with E-state index in [1.165, 1.54) is 0 Å². The second-order valence-corrected chi connectivity index (χ2v) is 7.44. The van der Waals surface area contributed by atoms with Crippen molar-refractivity contribution in [1.29, 1.82) is 0 Å². The highest BCUT2D eigenvalue weighted by molar-refractivity contribution is 7.21. The summed E-state index contributed by atoms with van der Waals surface area (Å²) in [7, 11) is 0. The summed E-state index contributed by atoms with van der Waals surface area (Å²) >= 11 is 7.51. The molecule has 27 heavy (non-hydrogen) atoms. The van der Waals surface area contributed by atoms with E-state index >= 15 is 0 Å². The van der Waals surface area contributed by atoms with E-state index in [0.29, 0.717) is 5.02 Å². The molecule has 0 atom stereocenters. The van der Waals surface area contributed by atoms with Gasteiger partial charge in [-0.2, -0.15) is 0 Å². The number of benzene rings is 3. The van der Waals surface area contributed by atoms with Crippen LogP contribution < -0.4 is 10.6 Å². The van der Waals surface area contributed by atoms with Crippen molar-refractivity contribution < 1.29 is 4.79 Å². The molecule has 4 aromatic rings. The maximum Gasteiger partial charge on any atom is 0.243 e. The molecular formula is C21H16ClN3OS. The standard InChI is InChI=1S/C21H16ClN3OS/c22-15-7-11-16(12-8-15)23-13-20(26)24-17-9-5-14(6-10-17)21-25-18-3-1-2-4-19(18)27-21/h1-12,23H,13H2,(H,24,26). The number of anilines is 2. The Labute approximate surface area is 165 Å². The minimum Gasteiger partial charge on any atom is -0.376 e. The van der Waals surface area contributed by atoms with Gasteiger partial charge in [0.25, 0.3) is 0 Å². The van der Waals surface area contributed by atoms with E-state index < -0.39 is 0 Å². The lowest BCUT2D eigenvalue weighted by atomic mass is 10.2. The molecule has 0 radical (unpaired) electrons. The van der Waals surface area contributed by atoms with Crippen molar-refractivity contribution in [1.82, 2.24) is 4.98 Å². The van der Waals surface area contributed by atoms with Gasteiger partial charge < -0.3 is 10.6 Å². The van der Waals surface area contributed by atoms with Gasteiger partial charge in [0.2, 0.25) is 5.91 Å². The van der Waals surface area contributed by atoms with Gasteiger partial charge in [0.15, 0.2) is 0 Å². The molecule has 0 bridgehead atoms. The van der Waals surface area contributed by atoms with E-state index in [4.69, 9.17) is 11.6 Å². The van der Waals surface area contributed by atoms with Crippen molar-refractivity contribution in [3.05, 3.63) is 77.8 Å². The second-order valence-electron chi connectivity index (χ2n) is 5.97. The fraction of sp³-hybridized carbons (Fsp3) is 0.0476. The number of aromatic nitrogens is 1. The van der Waals surface area contributed by atoms with Crippen LogP contribution in [0.2, 0.25) is 5.02 Å². The Balaban J connectivity index is 1.38. The Kier molecular flexibility index (Phi) is 5.05. The maximum atomic E-state index is 12.1. The molecular weight excluding hydrogens is 378 g/mol. The molecule has 0 saturated carbocycles. The third kappa shape index (κ3) is 4.27. The highest BCUT2D eigenvalue weighted by Gasteiger charge is 2.07. The van der Waals surface area contributed by atoms with Crippen molar-refractivity contribution in [2.45, 2.75) is 0 Å². The second kappa shape index (κ2) is 7.78. The first-order valence-electron chi connectivity index (χ1n) is 8.43. The van der Waals surface area contributed by atoms with Crippen LogP contribution in [-0.4, -0.2) is 17.4 Å². The molecule has 4 nitrogen and oxygen atoms in total. The van der Waals surface area contributed by atoms with Crippen LogP contribution in [0.15, 0.2) is 72.8 Å². The number of hydrogen-bond donors (Lipinski definition) is 2. The van der Waals surface area contributed by atoms with Crippen LogP contribution in [-0.2, 0) is 4.79 Å². The van der Waals surface area contributed by atoms with Crippen LogP contribution in [0.4, 0.5) is 11.4 Å². The molecule has 1 aromatic heterocycles. The van der Waals surface area contributed by atoms with Crippen LogP contribution in [0.5, 0.6) is 0 Å². The largest absolute Gasteiger partial charge is 0.376 e. The monoisotopic (exact) mass is 393 g/mol. The number of halogens is 1. The number of hydrogen-bond acceptors (Lipinski definition) is 4. The van der Waals surface area contributed by atoms with Crippen LogP contribution in [0.1, 0.15) is 0 Å². The first-order valence-corrected chi connectivity index (χ1v) is 9.62. The summed E-state index contributed by atoms with van der Waals surface area (Å²) in [5.41, 5.74) is 3.64. The summed E-state index contributed by atoms with van der Waals surface area (Å²) in [6, 6.07) is 23.0. The van der Waals surface area contributed by atoms with Crippen molar-refractivity contribution >= 4 is 50.4 Å². The van der Waals surface area contributed by atoms with Crippen molar-refractivity contribution in [3.8, 4) is 10.6 Å². The van der Waals surface area contributed by atoms with E-state index in [9.17, 15) is 4.79 Å². The molecule has 0 spiro atoms. The molecule has 1 heterocycles. The van der Waals surface area contributed by atoms with E-state index in [0.717, 1.165) is 32.2 Å². The van der Waals surface area contributed by atoms with Crippen molar-refractivity contribution in [2.24, 2.45) is 0 Å². The number of amides is 1. The molecule has 1 amide bonds. The number of para-hydroxylation sites is 1. The van der Waals surface area contributed by atoms with Gasteiger partial charge in [-0.25, -0.2) is 4.98 Å². The summed E-state index contributed by atoms with van der Waals surface area (Å²) in [5.74, 6) is -0.113. The van der Waals surface area contributed by atoms with Gasteiger partial charge in [0.05, 0.1) is 16.8 Å². The lowest BCUT2D eigenvalue weighted by Gasteiger charge is -2.08. The van der Waals surface area contributed by atoms with Gasteiger partial charge in [-0.05, 0) is 60.7 Å². The zero-order valence-corrected chi connectivity index (χ0v) is 15.8. The number of nitrogens with zero attached hydrogens (tertiary/aromatic N) is 1. The lowest BCUT2D eigenvalue weighted by Crippen LogP contribution is -2.21. The first kappa shape index (κ1) is 17.5. The van der Waals surface area contributed by atoms with E-state index in [1.807, 2.05) is 54.6 Å². The van der Waals surface area contributed by atoms with Gasteiger partial charge in [-0.15, -0.1) is 11.3 Å². The highest BCUT2D eigenvalue weighted by Crippen LogP contribution is 2.30. The average molecular weight is 394 g/mol. The maximum absolute atomic E-state index is 12.1. The Morgan fingerprint density at radius 3 is 2.37 bits per heavy atom. The first-order chi connectivity index (χ1) is 13.2. The zero-order valence-electron chi connectivity index (χ0n) is 14.3. The molecule has 6 heteroatoms. The Bertz CT molecular complexity index is 1040. The number of carbonyl (C=O) groups is 1. The van der Waals surface area contributed by atoms with Gasteiger partial charge in [-0.3, -0.25) is 4.79 Å². The smallest absolute Gasteiger partial charge is 0.243 e. The number of fused-ring (bicyclic) bond motifs is 1. The summed E-state index contributed by atoms with van der Waals surface area (Å²) in [4.78, 5) is 16.8. The fourth-order valence-corrected chi connectivity index (χ4v) is 3.74. The molecule has 0 aliphatic carbocycles. The van der Waals surface area contributed by atoms with Crippen LogP contribution >= 0.6 is 22.9 Å². The minimum atomic E-state index is -0.113. The molecule has 0 saturated heterocycles. The van der Waals surface area contributed by atoms with Crippen molar-refractivity contribution in [3.63, 3.8) is 0 Å². The minimum absolute atomic E-state index is 0.113. The molecule has 0 aliphatic heterocycles. The predicted molar refractivity (Wildman–Crippen MR) is 114 cm³/mol. The summed E-state index contributed by atoms with van der Waals surface area (Å²) in [5, 5.41) is 7.59. The third-order valence-electron chi connectivity index (χ3n) is 4.01. The summed E-state index contributed by atoms with van der Waals surface area (Å²) in [6.07, 6.45) is 0. The Morgan fingerprint density at radius 2 is 1.63 bits per heavy atom. The van der Waals surface area contributed by atoms with Crippen LogP contribution in [0.25, 0.3) is 20.8 Å². The molecule has 0 aliphatic rings. The molecule has 134 valence electrons. The topological polar surface area (TPSA) is 54.0 Å². The Hall–Kier alpha value is -2.89. The summed E-state index contributed by atoms with van der Waals surface area (Å²) in [6.45, 7) is 0.182. The summed E-state index contributed by atoms with van der Waals surface area (Å²) < 4.78 is 1.16. The normalized spacial score (nSPS) is 10.7. The van der Waals surface area contributed by atoms with Gasteiger partial charge in [0, 0.05) is 22.0 Å². The van der Waals surface area contributed by atoms with Gasteiger partial charge >= 0.3 is 0 Å². The van der Waals surface area contributed by atoms with Crippen LogP contribution in [0.3, 0.4) is 0 Å². The molecule has 4 rings (SSSR count). The molecule has 0 fully saturated rings. The number of rotatable bonds is 5. The third-order valence-corrected chi connectivity index (χ3v) is 5.34. The molecule has 2 N–H and O–H groups in total.